The monoisotopic (exact) mass is 224 g/mol. The van der Waals surface area contributed by atoms with Gasteiger partial charge in [0.25, 0.3) is 0 Å². The average molecular weight is 224 g/mol. The lowest BCUT2D eigenvalue weighted by atomic mass is 10.00. The summed E-state index contributed by atoms with van der Waals surface area (Å²) in [5, 5.41) is 0. The molecule has 0 heterocycles. The Morgan fingerprint density at radius 2 is 1.73 bits per heavy atom. The molecule has 0 saturated carbocycles. The van der Waals surface area contributed by atoms with Crippen molar-refractivity contribution in [2.75, 3.05) is 18.8 Å². The second-order valence-electron chi connectivity index (χ2n) is 3.62. The fraction of sp³-hybridized carbons (Fsp3) is 0.500. The molecule has 0 saturated heterocycles. The van der Waals surface area contributed by atoms with Gasteiger partial charge in [-0.25, -0.2) is 0 Å². The third-order valence-corrected chi connectivity index (χ3v) is 3.32. The van der Waals surface area contributed by atoms with E-state index in [0.717, 1.165) is 12.2 Å². The Balaban J connectivity index is 2.55. The first kappa shape index (κ1) is 12.6. The van der Waals surface area contributed by atoms with Crippen LogP contribution in [0.25, 0.3) is 0 Å². The minimum absolute atomic E-state index is 0.412. The predicted octanol–water partition coefficient (Wildman–Crippen LogP) is 1.87. The van der Waals surface area contributed by atoms with Crippen LogP contribution >= 0.6 is 11.8 Å². The van der Waals surface area contributed by atoms with Gasteiger partial charge in [-0.05, 0) is 48.9 Å². The van der Waals surface area contributed by atoms with Gasteiger partial charge in [-0.3, -0.25) is 0 Å². The van der Waals surface area contributed by atoms with Gasteiger partial charge < -0.3 is 11.5 Å². The second-order valence-corrected chi connectivity index (χ2v) is 4.96. The van der Waals surface area contributed by atoms with Crippen LogP contribution in [-0.4, -0.2) is 18.8 Å². The van der Waals surface area contributed by atoms with Crippen LogP contribution in [0.5, 0.6) is 0 Å². The average Bonchev–Trinajstić information content (AvgIpc) is 2.28. The molecular weight excluding hydrogens is 204 g/mol. The molecule has 0 radical (unpaired) electrons. The summed E-state index contributed by atoms with van der Waals surface area (Å²) in [7, 11) is 0. The lowest BCUT2D eigenvalue weighted by Gasteiger charge is -2.11. The number of hydrogen-bond acceptors (Lipinski definition) is 3. The summed E-state index contributed by atoms with van der Waals surface area (Å²) in [5.41, 5.74) is 12.6. The number of nitrogens with two attached hydrogens (primary N) is 2. The lowest BCUT2D eigenvalue weighted by molar-refractivity contribution is 0.548. The van der Waals surface area contributed by atoms with E-state index in [4.69, 9.17) is 11.5 Å². The molecule has 0 aromatic heterocycles. The summed E-state index contributed by atoms with van der Waals surface area (Å²) >= 11 is 1.86. The van der Waals surface area contributed by atoms with E-state index in [1.807, 2.05) is 11.8 Å². The quantitative estimate of drug-likeness (QED) is 0.725. The highest BCUT2D eigenvalue weighted by atomic mass is 32.2. The van der Waals surface area contributed by atoms with Crippen LogP contribution < -0.4 is 11.5 Å². The summed E-state index contributed by atoms with van der Waals surface area (Å²) in [6.45, 7) is 3.50. The molecule has 0 aliphatic heterocycles. The Bertz CT molecular complexity index is 267. The molecule has 1 rings (SSSR count). The molecule has 0 atom stereocenters. The standard InChI is InChI=1S/C12H20N2S/c1-2-15-12-5-3-10(4-6-12)7-11(8-13)9-14/h3-6,11H,2,7-9,13-14H2,1H3. The summed E-state index contributed by atoms with van der Waals surface area (Å²) in [6.07, 6.45) is 0.990. The summed E-state index contributed by atoms with van der Waals surface area (Å²) in [4.78, 5) is 1.33. The van der Waals surface area contributed by atoms with Crippen molar-refractivity contribution in [2.24, 2.45) is 17.4 Å². The minimum atomic E-state index is 0.412. The molecule has 1 aromatic carbocycles. The van der Waals surface area contributed by atoms with Crippen molar-refractivity contribution in [1.29, 1.82) is 0 Å². The van der Waals surface area contributed by atoms with Crippen molar-refractivity contribution < 1.29 is 0 Å². The largest absolute Gasteiger partial charge is 0.330 e. The zero-order chi connectivity index (χ0) is 11.1. The molecule has 1 aromatic rings. The SMILES string of the molecule is CCSc1ccc(CC(CN)CN)cc1. The summed E-state index contributed by atoms with van der Waals surface area (Å²) in [6, 6.07) is 8.70. The van der Waals surface area contributed by atoms with Crippen molar-refractivity contribution in [2.45, 2.75) is 18.2 Å². The normalized spacial score (nSPS) is 10.9. The molecule has 3 heteroatoms. The highest BCUT2D eigenvalue weighted by molar-refractivity contribution is 7.99. The van der Waals surface area contributed by atoms with E-state index >= 15 is 0 Å². The molecule has 0 aliphatic rings. The Hall–Kier alpha value is -0.510. The first-order valence-corrected chi connectivity index (χ1v) is 6.40. The van der Waals surface area contributed by atoms with Crippen LogP contribution in [0.1, 0.15) is 12.5 Å². The molecule has 0 fully saturated rings. The van der Waals surface area contributed by atoms with E-state index in [-0.39, 0.29) is 0 Å². The van der Waals surface area contributed by atoms with Crippen LogP contribution in [-0.2, 0) is 6.42 Å². The van der Waals surface area contributed by atoms with Gasteiger partial charge in [-0.15, -0.1) is 11.8 Å². The highest BCUT2D eigenvalue weighted by Gasteiger charge is 2.05. The maximum absolute atomic E-state index is 5.62. The zero-order valence-electron chi connectivity index (χ0n) is 9.28. The smallest absolute Gasteiger partial charge is 0.00720 e. The third-order valence-electron chi connectivity index (χ3n) is 2.43. The van der Waals surface area contributed by atoms with Gasteiger partial charge in [0.2, 0.25) is 0 Å². The van der Waals surface area contributed by atoms with Gasteiger partial charge >= 0.3 is 0 Å². The van der Waals surface area contributed by atoms with Crippen molar-refractivity contribution >= 4 is 11.8 Å². The van der Waals surface area contributed by atoms with Crippen molar-refractivity contribution in [3.8, 4) is 0 Å². The van der Waals surface area contributed by atoms with Crippen LogP contribution in [0, 0.1) is 5.92 Å². The zero-order valence-corrected chi connectivity index (χ0v) is 10.1. The third kappa shape index (κ3) is 4.24. The number of thioether (sulfide) groups is 1. The highest BCUT2D eigenvalue weighted by Crippen LogP contribution is 2.18. The predicted molar refractivity (Wildman–Crippen MR) is 68.1 cm³/mol. The summed E-state index contributed by atoms with van der Waals surface area (Å²) in [5.74, 6) is 1.53. The molecule has 0 spiro atoms. The number of benzene rings is 1. The maximum Gasteiger partial charge on any atom is 0.00720 e. The number of hydrogen-bond donors (Lipinski definition) is 2. The molecule has 0 amide bonds. The molecule has 4 N–H and O–H groups in total. The van der Waals surface area contributed by atoms with E-state index in [1.54, 1.807) is 0 Å². The van der Waals surface area contributed by atoms with E-state index in [0.29, 0.717) is 19.0 Å². The molecule has 0 unspecified atom stereocenters. The molecular formula is C12H20N2S. The van der Waals surface area contributed by atoms with Crippen LogP contribution in [0.3, 0.4) is 0 Å². The Kier molecular flexibility index (Phi) is 5.76. The molecule has 0 aliphatic carbocycles. The van der Waals surface area contributed by atoms with Gasteiger partial charge in [-0.2, -0.15) is 0 Å². The molecule has 0 bridgehead atoms. The van der Waals surface area contributed by atoms with Gasteiger partial charge in [0.05, 0.1) is 0 Å². The van der Waals surface area contributed by atoms with Crippen LogP contribution in [0.4, 0.5) is 0 Å². The fourth-order valence-corrected chi connectivity index (χ4v) is 2.15. The number of rotatable bonds is 6. The summed E-state index contributed by atoms with van der Waals surface area (Å²) < 4.78 is 0. The van der Waals surface area contributed by atoms with E-state index in [2.05, 4.69) is 31.2 Å². The molecule has 2 nitrogen and oxygen atoms in total. The second kappa shape index (κ2) is 6.88. The van der Waals surface area contributed by atoms with Crippen LogP contribution in [0.15, 0.2) is 29.2 Å². The first-order valence-electron chi connectivity index (χ1n) is 5.42. The van der Waals surface area contributed by atoms with E-state index in [9.17, 15) is 0 Å². The topological polar surface area (TPSA) is 52.0 Å². The molecule has 15 heavy (non-hydrogen) atoms. The first-order chi connectivity index (χ1) is 7.30. The van der Waals surface area contributed by atoms with Gasteiger partial charge in [0.15, 0.2) is 0 Å². The lowest BCUT2D eigenvalue weighted by Crippen LogP contribution is -2.25. The van der Waals surface area contributed by atoms with E-state index in [1.165, 1.54) is 10.5 Å². The van der Waals surface area contributed by atoms with Gasteiger partial charge in [0.1, 0.15) is 0 Å². The van der Waals surface area contributed by atoms with Crippen molar-refractivity contribution in [1.82, 2.24) is 0 Å². The Labute approximate surface area is 96.4 Å². The molecule has 84 valence electrons. The van der Waals surface area contributed by atoms with Crippen LogP contribution in [0.2, 0.25) is 0 Å². The fourth-order valence-electron chi connectivity index (χ4n) is 1.48. The Morgan fingerprint density at radius 3 is 2.20 bits per heavy atom. The van der Waals surface area contributed by atoms with Gasteiger partial charge in [-0.1, -0.05) is 19.1 Å². The van der Waals surface area contributed by atoms with Crippen molar-refractivity contribution in [3.05, 3.63) is 29.8 Å². The maximum atomic E-state index is 5.62. The minimum Gasteiger partial charge on any atom is -0.330 e. The Morgan fingerprint density at radius 1 is 1.13 bits per heavy atom. The van der Waals surface area contributed by atoms with Crippen molar-refractivity contribution in [3.63, 3.8) is 0 Å². The van der Waals surface area contributed by atoms with Gasteiger partial charge in [0, 0.05) is 4.90 Å². The van der Waals surface area contributed by atoms with E-state index < -0.39 is 0 Å².